The van der Waals surface area contributed by atoms with Gasteiger partial charge < -0.3 is 10.1 Å². The summed E-state index contributed by atoms with van der Waals surface area (Å²) in [6.07, 6.45) is 2.61. The van der Waals surface area contributed by atoms with E-state index in [-0.39, 0.29) is 12.4 Å². The minimum atomic E-state index is 0. The molecule has 0 aliphatic carbocycles. The number of nitrogens with one attached hydrogen (secondary N) is 1. The van der Waals surface area contributed by atoms with Gasteiger partial charge in [0.25, 0.3) is 0 Å². The van der Waals surface area contributed by atoms with Crippen LogP contribution in [0.1, 0.15) is 25.3 Å². The predicted octanol–water partition coefficient (Wildman–Crippen LogP) is 4.09. The molecule has 1 fully saturated rings. The van der Waals surface area contributed by atoms with Crippen molar-refractivity contribution in [3.63, 3.8) is 0 Å². The smallest absolute Gasteiger partial charge is 0.126 e. The van der Waals surface area contributed by atoms with Crippen LogP contribution in [0, 0.1) is 5.92 Å². The third kappa shape index (κ3) is 4.41. The van der Waals surface area contributed by atoms with Crippen molar-refractivity contribution in [1.29, 1.82) is 0 Å². The summed E-state index contributed by atoms with van der Waals surface area (Å²) in [7, 11) is 1.75. The highest BCUT2D eigenvalue weighted by atomic mass is 35.5. The van der Waals surface area contributed by atoms with Gasteiger partial charge in [-0.05, 0) is 62.0 Å². The molecule has 132 valence electrons. The molecule has 1 heterocycles. The molecule has 0 saturated carbocycles. The summed E-state index contributed by atoms with van der Waals surface area (Å²) in [6, 6.07) is 12.9. The summed E-state index contributed by atoms with van der Waals surface area (Å²) in [4.78, 5) is 2.59. The summed E-state index contributed by atoms with van der Waals surface area (Å²) in [6.45, 7) is 7.89. The molecule has 0 bridgehead atoms. The Kier molecular flexibility index (Phi) is 7.35. The molecule has 3 nitrogen and oxygen atoms in total. The number of hydrogen-bond acceptors (Lipinski definition) is 3. The zero-order valence-electron chi connectivity index (χ0n) is 14.8. The Morgan fingerprint density at radius 2 is 1.79 bits per heavy atom. The molecule has 2 aromatic carbocycles. The number of hydrogen-bond donors (Lipinski definition) is 1. The van der Waals surface area contributed by atoms with Crippen LogP contribution in [0.3, 0.4) is 0 Å². The largest absolute Gasteiger partial charge is 0.496 e. The van der Waals surface area contributed by atoms with Gasteiger partial charge in [-0.25, -0.2) is 0 Å². The molecular formula is C20H29ClN2O. The second kappa shape index (κ2) is 9.26. The Morgan fingerprint density at radius 3 is 2.46 bits per heavy atom. The minimum Gasteiger partial charge on any atom is -0.496 e. The summed E-state index contributed by atoms with van der Waals surface area (Å²) in [5.74, 6) is 1.81. The van der Waals surface area contributed by atoms with Crippen molar-refractivity contribution >= 4 is 23.2 Å². The van der Waals surface area contributed by atoms with Crippen LogP contribution in [0.2, 0.25) is 0 Å². The van der Waals surface area contributed by atoms with Gasteiger partial charge in [0.2, 0.25) is 0 Å². The number of nitrogens with zero attached hydrogens (tertiary/aromatic N) is 1. The highest BCUT2D eigenvalue weighted by molar-refractivity contribution is 5.91. The number of likely N-dealkylation sites (tertiary alicyclic amines) is 1. The van der Waals surface area contributed by atoms with Crippen molar-refractivity contribution in [2.75, 3.05) is 33.3 Å². The standard InChI is InChI=1S/C20H28N2O.ClH/c1-3-21-14-16-10-12-22(13-11-16)15-17-8-9-20(23-2)19-7-5-4-6-18(17)19;/h4-9,16,21H,3,10-15H2,1-2H3;1H. The molecule has 0 radical (unpaired) electrons. The zero-order chi connectivity index (χ0) is 16.1. The molecule has 0 amide bonds. The van der Waals surface area contributed by atoms with Crippen molar-refractivity contribution in [3.05, 3.63) is 42.0 Å². The van der Waals surface area contributed by atoms with Crippen molar-refractivity contribution in [1.82, 2.24) is 10.2 Å². The molecule has 1 N–H and O–H groups in total. The van der Waals surface area contributed by atoms with Gasteiger partial charge in [-0.3, -0.25) is 4.90 Å². The molecule has 2 aromatic rings. The first kappa shape index (κ1) is 19.0. The normalized spacial score (nSPS) is 16.1. The number of methoxy groups -OCH3 is 1. The molecule has 0 spiro atoms. The average molecular weight is 349 g/mol. The van der Waals surface area contributed by atoms with E-state index in [0.717, 1.165) is 24.8 Å². The van der Waals surface area contributed by atoms with Gasteiger partial charge >= 0.3 is 0 Å². The fraction of sp³-hybridized carbons (Fsp3) is 0.500. The first-order chi connectivity index (χ1) is 11.3. The van der Waals surface area contributed by atoms with Crippen LogP contribution in [0.5, 0.6) is 5.75 Å². The van der Waals surface area contributed by atoms with E-state index in [1.807, 2.05) is 0 Å². The molecule has 1 saturated heterocycles. The minimum absolute atomic E-state index is 0. The van der Waals surface area contributed by atoms with E-state index in [9.17, 15) is 0 Å². The van der Waals surface area contributed by atoms with Gasteiger partial charge in [0, 0.05) is 11.9 Å². The maximum absolute atomic E-state index is 5.50. The lowest BCUT2D eigenvalue weighted by Crippen LogP contribution is -2.36. The summed E-state index contributed by atoms with van der Waals surface area (Å²) < 4.78 is 5.50. The van der Waals surface area contributed by atoms with Crippen LogP contribution < -0.4 is 10.1 Å². The average Bonchev–Trinajstić information content (AvgIpc) is 2.61. The van der Waals surface area contributed by atoms with E-state index in [1.54, 1.807) is 7.11 Å². The van der Waals surface area contributed by atoms with Crippen molar-refractivity contribution in [3.8, 4) is 5.75 Å². The Morgan fingerprint density at radius 1 is 1.08 bits per heavy atom. The van der Waals surface area contributed by atoms with Crippen molar-refractivity contribution in [2.45, 2.75) is 26.3 Å². The second-order valence-electron chi connectivity index (χ2n) is 6.50. The Labute approximate surface area is 151 Å². The van der Waals surface area contributed by atoms with Crippen molar-refractivity contribution < 1.29 is 4.74 Å². The number of ether oxygens (including phenoxy) is 1. The Hall–Kier alpha value is -1.29. The summed E-state index contributed by atoms with van der Waals surface area (Å²) in [5, 5.41) is 6.03. The molecule has 1 aliphatic heterocycles. The molecular weight excluding hydrogens is 320 g/mol. The number of benzene rings is 2. The summed E-state index contributed by atoms with van der Waals surface area (Å²) >= 11 is 0. The predicted molar refractivity (Wildman–Crippen MR) is 104 cm³/mol. The van der Waals surface area contributed by atoms with Gasteiger partial charge in [-0.2, -0.15) is 0 Å². The molecule has 4 heteroatoms. The van der Waals surface area contributed by atoms with E-state index < -0.39 is 0 Å². The van der Waals surface area contributed by atoms with E-state index in [4.69, 9.17) is 4.74 Å². The quantitative estimate of drug-likeness (QED) is 0.850. The number of piperidine rings is 1. The molecule has 24 heavy (non-hydrogen) atoms. The van der Waals surface area contributed by atoms with Crippen molar-refractivity contribution in [2.24, 2.45) is 5.92 Å². The van der Waals surface area contributed by atoms with Gasteiger partial charge in [0.15, 0.2) is 0 Å². The fourth-order valence-corrected chi connectivity index (χ4v) is 3.59. The molecule has 1 aliphatic rings. The number of fused-ring (bicyclic) bond motifs is 1. The van der Waals surface area contributed by atoms with Crippen LogP contribution in [-0.2, 0) is 6.54 Å². The van der Waals surface area contributed by atoms with E-state index in [0.29, 0.717) is 0 Å². The highest BCUT2D eigenvalue weighted by Gasteiger charge is 2.19. The molecule has 0 unspecified atom stereocenters. The van der Waals surface area contributed by atoms with Crippen LogP contribution in [0.15, 0.2) is 36.4 Å². The number of halogens is 1. The van der Waals surface area contributed by atoms with Gasteiger partial charge in [-0.15, -0.1) is 12.4 Å². The second-order valence-corrected chi connectivity index (χ2v) is 6.50. The van der Waals surface area contributed by atoms with Crippen LogP contribution >= 0.6 is 12.4 Å². The number of rotatable bonds is 6. The van der Waals surface area contributed by atoms with Crippen LogP contribution in [0.25, 0.3) is 10.8 Å². The van der Waals surface area contributed by atoms with Gasteiger partial charge in [-0.1, -0.05) is 37.3 Å². The first-order valence-corrected chi connectivity index (χ1v) is 8.79. The lowest BCUT2D eigenvalue weighted by Gasteiger charge is -2.32. The Bertz CT molecular complexity index is 639. The zero-order valence-corrected chi connectivity index (χ0v) is 15.6. The topological polar surface area (TPSA) is 24.5 Å². The lowest BCUT2D eigenvalue weighted by atomic mass is 9.95. The molecule has 0 aromatic heterocycles. The summed E-state index contributed by atoms with van der Waals surface area (Å²) in [5.41, 5.74) is 1.41. The molecule has 0 atom stereocenters. The van der Waals surface area contributed by atoms with E-state index in [2.05, 4.69) is 53.5 Å². The van der Waals surface area contributed by atoms with E-state index >= 15 is 0 Å². The first-order valence-electron chi connectivity index (χ1n) is 8.79. The Balaban J connectivity index is 0.00000208. The third-order valence-electron chi connectivity index (χ3n) is 4.98. The van der Waals surface area contributed by atoms with Gasteiger partial charge in [0.05, 0.1) is 7.11 Å². The van der Waals surface area contributed by atoms with Crippen LogP contribution in [0.4, 0.5) is 0 Å². The maximum Gasteiger partial charge on any atom is 0.126 e. The highest BCUT2D eigenvalue weighted by Crippen LogP contribution is 2.29. The van der Waals surface area contributed by atoms with Crippen LogP contribution in [-0.4, -0.2) is 38.2 Å². The van der Waals surface area contributed by atoms with Gasteiger partial charge in [0.1, 0.15) is 5.75 Å². The maximum atomic E-state index is 5.50. The SMILES string of the molecule is CCNCC1CCN(Cc2ccc(OC)c3ccccc23)CC1.Cl. The van der Waals surface area contributed by atoms with E-state index in [1.165, 1.54) is 48.8 Å². The fourth-order valence-electron chi connectivity index (χ4n) is 3.59. The third-order valence-corrected chi connectivity index (χ3v) is 4.98. The monoisotopic (exact) mass is 348 g/mol. The lowest BCUT2D eigenvalue weighted by molar-refractivity contribution is 0.176. The molecule has 3 rings (SSSR count).